The average Bonchev–Trinajstić information content (AvgIpc) is 1.91. The molecule has 0 saturated carbocycles. The number of carbonyl (C=O) groups is 1. The van der Waals surface area contributed by atoms with Gasteiger partial charge in [0.2, 0.25) is 0 Å². The van der Waals surface area contributed by atoms with Crippen molar-refractivity contribution in [2.75, 3.05) is 6.61 Å². The van der Waals surface area contributed by atoms with Crippen LogP contribution in [0.4, 0.5) is 0 Å². The Labute approximate surface area is 51.1 Å². The normalized spacial score (nSPS) is 11.1. The van der Waals surface area contributed by atoms with Crippen molar-refractivity contribution >= 4 is 5.97 Å². The van der Waals surface area contributed by atoms with Crippen molar-refractivity contribution in [1.29, 1.82) is 0 Å². The minimum absolute atomic E-state index is 0.505. The highest BCUT2D eigenvalue weighted by atomic mass is 17.0. The van der Waals surface area contributed by atoms with E-state index in [9.17, 15) is 4.79 Å². The minimum atomic E-state index is -1.18. The first kappa shape index (κ1) is 11.2. The van der Waals surface area contributed by atoms with Crippen molar-refractivity contribution in [3.8, 4) is 0 Å². The van der Waals surface area contributed by atoms with Crippen molar-refractivity contribution in [3.63, 3.8) is 0 Å². The lowest BCUT2D eigenvalue weighted by molar-refractivity contribution is -0.176. The fraction of sp³-hybridized carbons (Fsp3) is 0.667. The summed E-state index contributed by atoms with van der Waals surface area (Å²) in [5.41, 5.74) is 4.77. The molecule has 0 aromatic heterocycles. The van der Waals surface area contributed by atoms with E-state index >= 15 is 0 Å². The summed E-state index contributed by atoms with van der Waals surface area (Å²) in [4.78, 5) is 9.65. The number of aliphatic hydroxyl groups excluding tert-OH is 1. The van der Waals surface area contributed by atoms with E-state index in [4.69, 9.17) is 26.5 Å². The highest BCUT2D eigenvalue weighted by molar-refractivity contribution is 5.73. The second-order valence-electron chi connectivity index (χ2n) is 1.13. The van der Waals surface area contributed by atoms with Crippen molar-refractivity contribution in [2.45, 2.75) is 6.04 Å². The maximum Gasteiger partial charge on any atom is 0.322 e. The molecular formula is C3H9NO5. The molecule has 9 heavy (non-hydrogen) atoms. The van der Waals surface area contributed by atoms with Gasteiger partial charge in [0.1, 0.15) is 6.04 Å². The number of carboxylic acid groups (broad SMARTS) is 1. The average molecular weight is 139 g/mol. The quantitative estimate of drug-likeness (QED) is 0.232. The van der Waals surface area contributed by atoms with Crippen LogP contribution in [0.25, 0.3) is 0 Å². The Hall–Kier alpha value is -0.690. The Morgan fingerprint density at radius 1 is 1.56 bits per heavy atom. The van der Waals surface area contributed by atoms with Gasteiger partial charge in [0, 0.05) is 0 Å². The summed E-state index contributed by atoms with van der Waals surface area (Å²) >= 11 is 0. The van der Waals surface area contributed by atoms with E-state index in [0.29, 0.717) is 0 Å². The van der Waals surface area contributed by atoms with E-state index in [0.717, 1.165) is 0 Å². The number of aliphatic carboxylic acids is 1. The molecule has 56 valence electrons. The van der Waals surface area contributed by atoms with E-state index in [-0.39, 0.29) is 0 Å². The molecule has 0 bridgehead atoms. The molecule has 0 rings (SSSR count). The van der Waals surface area contributed by atoms with Crippen LogP contribution in [0.5, 0.6) is 0 Å². The van der Waals surface area contributed by atoms with Gasteiger partial charge >= 0.3 is 5.97 Å². The number of rotatable bonds is 2. The van der Waals surface area contributed by atoms with Crippen LogP contribution in [0.1, 0.15) is 0 Å². The summed E-state index contributed by atoms with van der Waals surface area (Å²) < 4.78 is 0. The molecule has 0 saturated heterocycles. The van der Waals surface area contributed by atoms with Crippen LogP contribution in [-0.4, -0.2) is 39.3 Å². The number of hydrogen-bond donors (Lipinski definition) is 5. The molecule has 1 atom stereocenters. The Morgan fingerprint density at radius 3 is 1.89 bits per heavy atom. The molecule has 0 radical (unpaired) electrons. The standard InChI is InChI=1S/C3H7NO3.H2O2/c4-2(1-5)3(6)7;1-2/h2,5H,1,4H2,(H,6,7);1-2H/t2-;/m0./s1. The third kappa shape index (κ3) is 7.31. The molecule has 0 unspecified atom stereocenters. The molecule has 6 heteroatoms. The van der Waals surface area contributed by atoms with Gasteiger partial charge in [-0.2, -0.15) is 0 Å². The van der Waals surface area contributed by atoms with Crippen molar-refractivity contribution in [3.05, 3.63) is 0 Å². The van der Waals surface area contributed by atoms with Gasteiger partial charge in [-0.3, -0.25) is 15.3 Å². The van der Waals surface area contributed by atoms with Crippen molar-refractivity contribution < 1.29 is 25.5 Å². The molecule has 0 spiro atoms. The van der Waals surface area contributed by atoms with Crippen LogP contribution in [0, 0.1) is 0 Å². The number of aliphatic hydroxyl groups is 1. The molecule has 0 fully saturated rings. The highest BCUT2D eigenvalue weighted by Crippen LogP contribution is 1.71. The first-order valence-corrected chi connectivity index (χ1v) is 1.97. The van der Waals surface area contributed by atoms with Crippen molar-refractivity contribution in [2.24, 2.45) is 5.73 Å². The zero-order valence-electron chi connectivity index (χ0n) is 4.56. The summed E-state index contributed by atoms with van der Waals surface area (Å²) in [5, 5.41) is 27.9. The molecular weight excluding hydrogens is 130 g/mol. The van der Waals surface area contributed by atoms with E-state index in [1.807, 2.05) is 0 Å². The third-order valence-corrected chi connectivity index (χ3v) is 0.514. The van der Waals surface area contributed by atoms with Gasteiger partial charge in [0.25, 0.3) is 0 Å². The lowest BCUT2D eigenvalue weighted by Crippen LogP contribution is -2.33. The summed E-state index contributed by atoms with van der Waals surface area (Å²) in [6, 6.07) is -1.13. The Kier molecular flexibility index (Phi) is 9.06. The van der Waals surface area contributed by atoms with Gasteiger partial charge in [-0.25, -0.2) is 0 Å². The van der Waals surface area contributed by atoms with Crippen molar-refractivity contribution in [1.82, 2.24) is 0 Å². The zero-order chi connectivity index (χ0) is 7.86. The van der Waals surface area contributed by atoms with Crippen LogP contribution in [0.3, 0.4) is 0 Å². The summed E-state index contributed by atoms with van der Waals surface area (Å²) in [6.07, 6.45) is 0. The predicted octanol–water partition coefficient (Wildman–Crippen LogP) is -1.59. The molecule has 0 aliphatic carbocycles. The molecule has 0 aliphatic heterocycles. The summed E-state index contributed by atoms with van der Waals surface area (Å²) in [7, 11) is 0. The van der Waals surface area contributed by atoms with E-state index in [2.05, 4.69) is 0 Å². The molecule has 0 aromatic rings. The first-order valence-electron chi connectivity index (χ1n) is 1.97. The van der Waals surface area contributed by atoms with Crippen LogP contribution in [0.15, 0.2) is 0 Å². The number of carboxylic acids is 1. The van der Waals surface area contributed by atoms with E-state index in [1.54, 1.807) is 0 Å². The third-order valence-electron chi connectivity index (χ3n) is 0.514. The first-order chi connectivity index (χ1) is 4.18. The zero-order valence-corrected chi connectivity index (χ0v) is 4.56. The van der Waals surface area contributed by atoms with Gasteiger partial charge in [0.15, 0.2) is 0 Å². The number of hydrogen-bond acceptors (Lipinski definition) is 5. The fourth-order valence-electron chi connectivity index (χ4n) is 0.0781. The van der Waals surface area contributed by atoms with E-state index in [1.165, 1.54) is 0 Å². The lowest BCUT2D eigenvalue weighted by Gasteiger charge is -1.96. The highest BCUT2D eigenvalue weighted by Gasteiger charge is 2.06. The summed E-state index contributed by atoms with van der Waals surface area (Å²) in [5.74, 6) is -1.18. The van der Waals surface area contributed by atoms with Crippen LogP contribution < -0.4 is 5.73 Å². The molecule has 0 amide bonds. The smallest absolute Gasteiger partial charge is 0.322 e. The summed E-state index contributed by atoms with van der Waals surface area (Å²) in [6.45, 7) is -0.505. The molecule has 6 nitrogen and oxygen atoms in total. The topological polar surface area (TPSA) is 124 Å². The fourth-order valence-corrected chi connectivity index (χ4v) is 0.0781. The minimum Gasteiger partial charge on any atom is -0.480 e. The van der Waals surface area contributed by atoms with Gasteiger partial charge in [0.05, 0.1) is 6.61 Å². The largest absolute Gasteiger partial charge is 0.480 e. The second-order valence-corrected chi connectivity index (χ2v) is 1.13. The number of nitrogens with two attached hydrogens (primary N) is 1. The van der Waals surface area contributed by atoms with Gasteiger partial charge in [-0.15, -0.1) is 0 Å². The van der Waals surface area contributed by atoms with Crippen LogP contribution in [0.2, 0.25) is 0 Å². The van der Waals surface area contributed by atoms with Gasteiger partial charge in [-0.05, 0) is 0 Å². The van der Waals surface area contributed by atoms with Gasteiger partial charge in [-0.1, -0.05) is 0 Å². The maximum absolute atomic E-state index is 9.65. The van der Waals surface area contributed by atoms with Crippen LogP contribution in [-0.2, 0) is 4.79 Å². The SMILES string of the molecule is N[C@@H](CO)C(=O)O.OO. The Balaban J connectivity index is 0. The Morgan fingerprint density at radius 2 is 1.89 bits per heavy atom. The van der Waals surface area contributed by atoms with Crippen LogP contribution >= 0.6 is 0 Å². The Bertz CT molecular complexity index is 74.6. The second kappa shape index (κ2) is 7.31. The molecule has 0 aliphatic rings. The predicted molar refractivity (Wildman–Crippen MR) is 28.0 cm³/mol. The van der Waals surface area contributed by atoms with Gasteiger partial charge < -0.3 is 15.9 Å². The molecule has 0 heterocycles. The monoisotopic (exact) mass is 139 g/mol. The lowest BCUT2D eigenvalue weighted by atomic mass is 10.3. The molecule has 0 aromatic carbocycles. The maximum atomic E-state index is 9.65. The molecule has 6 N–H and O–H groups in total. The van der Waals surface area contributed by atoms with E-state index < -0.39 is 18.6 Å².